The molecule has 2 aromatic heterocycles. The molecule has 0 radical (unpaired) electrons. The average Bonchev–Trinajstić information content (AvgIpc) is 2.62. The zero-order chi connectivity index (χ0) is 20.8. The highest BCUT2D eigenvalue weighted by Crippen LogP contribution is 2.31. The van der Waals surface area contributed by atoms with Gasteiger partial charge in [0.25, 0.3) is 5.56 Å². The molecular weight excluding hydrogens is 447 g/mol. The van der Waals surface area contributed by atoms with Crippen molar-refractivity contribution in [1.29, 1.82) is 0 Å². The van der Waals surface area contributed by atoms with E-state index in [1.165, 1.54) is 35.5 Å². The highest BCUT2D eigenvalue weighted by atomic mass is 79.9. The number of nitrogens with zero attached hydrogens (tertiary/aromatic N) is 4. The van der Waals surface area contributed by atoms with Gasteiger partial charge in [-0.25, -0.2) is 19.2 Å². The van der Waals surface area contributed by atoms with Crippen molar-refractivity contribution in [3.63, 3.8) is 0 Å². The van der Waals surface area contributed by atoms with Crippen LogP contribution in [0.25, 0.3) is 11.0 Å². The number of aryl methyl sites for hydroxylation is 1. The van der Waals surface area contributed by atoms with E-state index in [0.717, 1.165) is 10.1 Å². The van der Waals surface area contributed by atoms with Crippen molar-refractivity contribution in [2.24, 2.45) is 14.1 Å². The first-order valence-corrected chi connectivity index (χ1v) is 10.3. The molecule has 3 aromatic rings. The molecule has 0 aliphatic rings. The van der Waals surface area contributed by atoms with Crippen LogP contribution in [0.4, 0.5) is 4.39 Å². The number of hydrogen-bond donors (Lipinski definition) is 0. The molecule has 0 fully saturated rings. The summed E-state index contributed by atoms with van der Waals surface area (Å²) in [4.78, 5) is 34.3. The Kier molecular flexibility index (Phi) is 5.51. The Labute approximate surface area is 174 Å². The van der Waals surface area contributed by atoms with Gasteiger partial charge in [0, 0.05) is 29.7 Å². The van der Waals surface area contributed by atoms with Gasteiger partial charge in [0.05, 0.1) is 0 Å². The third-order valence-electron chi connectivity index (χ3n) is 4.32. The number of thioether (sulfide) groups is 1. The SMILES string of the molecule is Cn1c(=O)c2c(SCc3ccc(F)cc3Br)nc(C(C)(C)C)nc2n(C)c1=O. The molecule has 3 rings (SSSR count). The summed E-state index contributed by atoms with van der Waals surface area (Å²) in [6.45, 7) is 5.91. The van der Waals surface area contributed by atoms with Crippen LogP contribution >= 0.6 is 27.7 Å². The van der Waals surface area contributed by atoms with Crippen molar-refractivity contribution < 1.29 is 4.39 Å². The first-order chi connectivity index (χ1) is 13.0. The fourth-order valence-electron chi connectivity index (χ4n) is 2.65. The molecule has 9 heteroatoms. The number of benzene rings is 1. The molecular formula is C19H20BrFN4O2S. The summed E-state index contributed by atoms with van der Waals surface area (Å²) in [5.74, 6) is 0.693. The Morgan fingerprint density at radius 3 is 2.43 bits per heavy atom. The van der Waals surface area contributed by atoms with Gasteiger partial charge in [0.2, 0.25) is 0 Å². The lowest BCUT2D eigenvalue weighted by Crippen LogP contribution is -2.38. The Morgan fingerprint density at radius 2 is 1.82 bits per heavy atom. The molecule has 0 bridgehead atoms. The van der Waals surface area contributed by atoms with Gasteiger partial charge in [0.15, 0.2) is 5.65 Å². The molecule has 0 N–H and O–H groups in total. The van der Waals surface area contributed by atoms with Crippen LogP contribution in [0.2, 0.25) is 0 Å². The molecule has 0 saturated heterocycles. The van der Waals surface area contributed by atoms with Gasteiger partial charge < -0.3 is 0 Å². The molecule has 148 valence electrons. The number of aromatic nitrogens is 4. The van der Waals surface area contributed by atoms with E-state index in [1.807, 2.05) is 20.8 Å². The van der Waals surface area contributed by atoms with Gasteiger partial charge in [-0.1, -0.05) is 42.8 Å². The second-order valence-electron chi connectivity index (χ2n) is 7.53. The fraction of sp³-hybridized carbons (Fsp3) is 0.368. The van der Waals surface area contributed by atoms with Crippen molar-refractivity contribution in [1.82, 2.24) is 19.1 Å². The molecule has 6 nitrogen and oxygen atoms in total. The molecule has 28 heavy (non-hydrogen) atoms. The normalized spacial score (nSPS) is 12.0. The highest BCUT2D eigenvalue weighted by molar-refractivity contribution is 9.10. The predicted octanol–water partition coefficient (Wildman–Crippen LogP) is 3.52. The van der Waals surface area contributed by atoms with Crippen LogP contribution in [-0.2, 0) is 25.3 Å². The maximum Gasteiger partial charge on any atom is 0.332 e. The van der Waals surface area contributed by atoms with Crippen LogP contribution in [0.5, 0.6) is 0 Å². The van der Waals surface area contributed by atoms with Crippen LogP contribution in [0.1, 0.15) is 32.2 Å². The van der Waals surface area contributed by atoms with Crippen LogP contribution in [-0.4, -0.2) is 19.1 Å². The van der Waals surface area contributed by atoms with Crippen molar-refractivity contribution in [2.75, 3.05) is 0 Å². The lowest BCUT2D eigenvalue weighted by Gasteiger charge is -2.19. The summed E-state index contributed by atoms with van der Waals surface area (Å²) < 4.78 is 16.4. The molecule has 0 amide bonds. The van der Waals surface area contributed by atoms with Gasteiger partial charge in [0.1, 0.15) is 22.1 Å². The van der Waals surface area contributed by atoms with Gasteiger partial charge in [-0.3, -0.25) is 13.9 Å². The topological polar surface area (TPSA) is 69.8 Å². The van der Waals surface area contributed by atoms with E-state index in [9.17, 15) is 14.0 Å². The zero-order valence-electron chi connectivity index (χ0n) is 16.2. The summed E-state index contributed by atoms with van der Waals surface area (Å²) in [5, 5.41) is 0.809. The standard InChI is InChI=1S/C19H20BrFN4O2S/c1-19(2,3)17-22-14-13(16(26)25(5)18(27)24(14)4)15(23-17)28-9-10-6-7-11(21)8-12(10)20/h6-8H,9H2,1-5H3. The largest absolute Gasteiger partial charge is 0.332 e. The van der Waals surface area contributed by atoms with E-state index in [2.05, 4.69) is 25.9 Å². The monoisotopic (exact) mass is 466 g/mol. The van der Waals surface area contributed by atoms with Crippen molar-refractivity contribution >= 4 is 38.7 Å². The zero-order valence-corrected chi connectivity index (χ0v) is 18.6. The molecule has 0 unspecified atom stereocenters. The summed E-state index contributed by atoms with van der Waals surface area (Å²) in [5.41, 5.74) is -0.0461. The van der Waals surface area contributed by atoms with E-state index >= 15 is 0 Å². The Morgan fingerprint density at radius 1 is 1.14 bits per heavy atom. The van der Waals surface area contributed by atoms with Crippen molar-refractivity contribution in [3.05, 3.63) is 60.7 Å². The van der Waals surface area contributed by atoms with E-state index in [0.29, 0.717) is 32.1 Å². The fourth-order valence-corrected chi connectivity index (χ4v) is 4.35. The minimum absolute atomic E-state index is 0.306. The van der Waals surface area contributed by atoms with Crippen molar-refractivity contribution in [2.45, 2.75) is 37.0 Å². The summed E-state index contributed by atoms with van der Waals surface area (Å²) in [6.07, 6.45) is 0. The Balaban J connectivity index is 2.22. The second-order valence-corrected chi connectivity index (χ2v) is 9.35. The quantitative estimate of drug-likeness (QED) is 0.436. The van der Waals surface area contributed by atoms with Gasteiger partial charge in [-0.15, -0.1) is 11.8 Å². The van der Waals surface area contributed by atoms with E-state index in [1.54, 1.807) is 13.1 Å². The molecule has 1 aromatic carbocycles. The Hall–Kier alpha value is -2.00. The maximum absolute atomic E-state index is 13.3. The average molecular weight is 467 g/mol. The number of halogens is 2. The Bertz CT molecular complexity index is 1200. The maximum atomic E-state index is 13.3. The smallest absolute Gasteiger partial charge is 0.280 e. The molecule has 0 aliphatic carbocycles. The van der Waals surface area contributed by atoms with E-state index < -0.39 is 11.2 Å². The van der Waals surface area contributed by atoms with Crippen LogP contribution < -0.4 is 11.2 Å². The number of fused-ring (bicyclic) bond motifs is 1. The molecule has 0 aliphatic heterocycles. The summed E-state index contributed by atoms with van der Waals surface area (Å²) >= 11 is 4.72. The molecule has 0 atom stereocenters. The third kappa shape index (κ3) is 3.77. The van der Waals surface area contributed by atoms with Gasteiger partial charge in [-0.2, -0.15) is 0 Å². The minimum Gasteiger partial charge on any atom is -0.280 e. The van der Waals surface area contributed by atoms with Crippen LogP contribution in [0, 0.1) is 5.82 Å². The van der Waals surface area contributed by atoms with Crippen LogP contribution in [0.15, 0.2) is 37.3 Å². The van der Waals surface area contributed by atoms with E-state index in [-0.39, 0.29) is 11.2 Å². The number of rotatable bonds is 3. The number of hydrogen-bond acceptors (Lipinski definition) is 5. The van der Waals surface area contributed by atoms with Gasteiger partial charge in [-0.05, 0) is 17.7 Å². The molecule has 0 spiro atoms. The van der Waals surface area contributed by atoms with Crippen LogP contribution in [0.3, 0.4) is 0 Å². The molecule has 2 heterocycles. The van der Waals surface area contributed by atoms with Gasteiger partial charge >= 0.3 is 5.69 Å². The summed E-state index contributed by atoms with van der Waals surface area (Å²) in [6, 6.07) is 4.48. The third-order valence-corrected chi connectivity index (χ3v) is 6.08. The molecule has 0 saturated carbocycles. The lowest BCUT2D eigenvalue weighted by molar-refractivity contribution is 0.539. The first kappa shape index (κ1) is 20.7. The predicted molar refractivity (Wildman–Crippen MR) is 112 cm³/mol. The second kappa shape index (κ2) is 7.44. The van der Waals surface area contributed by atoms with E-state index in [4.69, 9.17) is 0 Å². The highest BCUT2D eigenvalue weighted by Gasteiger charge is 2.23. The summed E-state index contributed by atoms with van der Waals surface area (Å²) in [7, 11) is 3.03. The minimum atomic E-state index is -0.437. The lowest BCUT2D eigenvalue weighted by atomic mass is 9.96. The van der Waals surface area contributed by atoms with Crippen molar-refractivity contribution in [3.8, 4) is 0 Å². The first-order valence-electron chi connectivity index (χ1n) is 8.55.